The van der Waals surface area contributed by atoms with Crippen molar-refractivity contribution in [1.29, 1.82) is 0 Å². The van der Waals surface area contributed by atoms with Crippen LogP contribution in [0, 0.1) is 0 Å². The summed E-state index contributed by atoms with van der Waals surface area (Å²) in [5.74, 6) is 0. The van der Waals surface area contributed by atoms with E-state index in [-0.39, 0.29) is 5.41 Å². The van der Waals surface area contributed by atoms with E-state index in [0.717, 1.165) is 4.47 Å². The molecule has 2 heteroatoms. The summed E-state index contributed by atoms with van der Waals surface area (Å²) in [7, 11) is 0. The summed E-state index contributed by atoms with van der Waals surface area (Å²) in [4.78, 5) is 0. The maximum atomic E-state index is 5.66. The number of hydrogen-bond donors (Lipinski definition) is 1. The summed E-state index contributed by atoms with van der Waals surface area (Å²) in [6, 6.07) is 8.31. The molecule has 0 radical (unpaired) electrons. The van der Waals surface area contributed by atoms with E-state index in [1.807, 2.05) is 12.1 Å². The first-order valence-corrected chi connectivity index (χ1v) is 4.82. The van der Waals surface area contributed by atoms with E-state index in [9.17, 15) is 0 Å². The van der Waals surface area contributed by atoms with Crippen LogP contribution in [0.3, 0.4) is 0 Å². The Morgan fingerprint density at radius 3 is 2.17 bits per heavy atom. The van der Waals surface area contributed by atoms with Crippen LogP contribution >= 0.6 is 15.9 Å². The Morgan fingerprint density at radius 1 is 1.25 bits per heavy atom. The lowest BCUT2D eigenvalue weighted by atomic mass is 9.85. The van der Waals surface area contributed by atoms with Crippen LogP contribution in [0.1, 0.15) is 19.4 Å². The normalized spacial score (nSPS) is 11.7. The molecule has 0 amide bonds. The fourth-order valence-electron chi connectivity index (χ4n) is 1.02. The van der Waals surface area contributed by atoms with E-state index in [4.69, 9.17) is 5.73 Å². The van der Waals surface area contributed by atoms with E-state index in [0.29, 0.717) is 6.54 Å². The maximum Gasteiger partial charge on any atom is 0.0175 e. The molecular weight excluding hydrogens is 214 g/mol. The molecule has 66 valence electrons. The Kier molecular flexibility index (Phi) is 2.91. The predicted molar refractivity (Wildman–Crippen MR) is 56.2 cm³/mol. The Morgan fingerprint density at radius 2 is 1.75 bits per heavy atom. The molecule has 0 saturated carbocycles. The number of halogens is 1. The summed E-state index contributed by atoms with van der Waals surface area (Å²) in [5.41, 5.74) is 7.03. The quantitative estimate of drug-likeness (QED) is 0.827. The number of rotatable bonds is 2. The van der Waals surface area contributed by atoms with Crippen LogP contribution in [0.4, 0.5) is 0 Å². The van der Waals surface area contributed by atoms with Crippen LogP contribution in [-0.4, -0.2) is 6.54 Å². The first kappa shape index (κ1) is 9.75. The molecule has 1 rings (SSSR count). The second-order valence-corrected chi connectivity index (χ2v) is 4.51. The highest BCUT2D eigenvalue weighted by atomic mass is 79.9. The van der Waals surface area contributed by atoms with Crippen molar-refractivity contribution in [1.82, 2.24) is 0 Å². The Labute approximate surface area is 82.1 Å². The van der Waals surface area contributed by atoms with Crippen molar-refractivity contribution in [2.24, 2.45) is 5.73 Å². The van der Waals surface area contributed by atoms with Crippen molar-refractivity contribution in [3.63, 3.8) is 0 Å². The Hall–Kier alpha value is -0.340. The zero-order chi connectivity index (χ0) is 9.19. The molecular formula is C10H14BrN. The van der Waals surface area contributed by atoms with Crippen molar-refractivity contribution >= 4 is 15.9 Å². The molecule has 0 bridgehead atoms. The van der Waals surface area contributed by atoms with E-state index in [1.54, 1.807) is 0 Å². The largest absolute Gasteiger partial charge is 0.330 e. The molecule has 2 N–H and O–H groups in total. The van der Waals surface area contributed by atoms with Crippen molar-refractivity contribution in [3.8, 4) is 0 Å². The third kappa shape index (κ3) is 2.08. The third-order valence-electron chi connectivity index (χ3n) is 2.14. The van der Waals surface area contributed by atoms with Crippen LogP contribution < -0.4 is 5.73 Å². The molecule has 0 unspecified atom stereocenters. The van der Waals surface area contributed by atoms with E-state index >= 15 is 0 Å². The van der Waals surface area contributed by atoms with Crippen LogP contribution in [0.5, 0.6) is 0 Å². The minimum Gasteiger partial charge on any atom is -0.330 e. The van der Waals surface area contributed by atoms with Gasteiger partial charge in [-0.3, -0.25) is 0 Å². The summed E-state index contributed by atoms with van der Waals surface area (Å²) in [6.45, 7) is 4.97. The van der Waals surface area contributed by atoms with Gasteiger partial charge in [0, 0.05) is 16.4 Å². The molecule has 0 saturated heterocycles. The molecule has 12 heavy (non-hydrogen) atoms. The second kappa shape index (κ2) is 3.58. The highest BCUT2D eigenvalue weighted by Gasteiger charge is 2.17. The van der Waals surface area contributed by atoms with Crippen molar-refractivity contribution < 1.29 is 0 Å². The molecule has 0 aromatic heterocycles. The van der Waals surface area contributed by atoms with Gasteiger partial charge >= 0.3 is 0 Å². The highest BCUT2D eigenvalue weighted by molar-refractivity contribution is 9.10. The van der Waals surface area contributed by atoms with E-state index in [1.165, 1.54) is 5.56 Å². The van der Waals surface area contributed by atoms with Crippen LogP contribution in [0.15, 0.2) is 28.7 Å². The first-order chi connectivity index (χ1) is 5.56. The topological polar surface area (TPSA) is 26.0 Å². The van der Waals surface area contributed by atoms with Gasteiger partial charge in [-0.1, -0.05) is 41.9 Å². The Balaban J connectivity index is 2.96. The first-order valence-electron chi connectivity index (χ1n) is 4.02. The van der Waals surface area contributed by atoms with Gasteiger partial charge in [-0.15, -0.1) is 0 Å². The van der Waals surface area contributed by atoms with Gasteiger partial charge < -0.3 is 5.73 Å². The molecule has 1 aromatic rings. The highest BCUT2D eigenvalue weighted by Crippen LogP contribution is 2.23. The van der Waals surface area contributed by atoms with Crippen LogP contribution in [-0.2, 0) is 5.41 Å². The molecule has 0 heterocycles. The van der Waals surface area contributed by atoms with Gasteiger partial charge in [0.15, 0.2) is 0 Å². The summed E-state index contributed by atoms with van der Waals surface area (Å²) < 4.78 is 1.11. The monoisotopic (exact) mass is 227 g/mol. The SMILES string of the molecule is CC(C)(CN)c1ccc(Br)cc1. The number of benzene rings is 1. The fraction of sp³-hybridized carbons (Fsp3) is 0.400. The lowest BCUT2D eigenvalue weighted by molar-refractivity contribution is 0.539. The van der Waals surface area contributed by atoms with Crippen LogP contribution in [0.2, 0.25) is 0 Å². The molecule has 1 aromatic carbocycles. The molecule has 0 aliphatic heterocycles. The van der Waals surface area contributed by atoms with Crippen LogP contribution in [0.25, 0.3) is 0 Å². The van der Waals surface area contributed by atoms with Gasteiger partial charge in [0.25, 0.3) is 0 Å². The molecule has 0 spiro atoms. The van der Waals surface area contributed by atoms with Gasteiger partial charge in [0.2, 0.25) is 0 Å². The molecule has 0 atom stereocenters. The standard InChI is InChI=1S/C10H14BrN/c1-10(2,7-12)8-3-5-9(11)6-4-8/h3-6H,7,12H2,1-2H3. The molecule has 0 aliphatic carbocycles. The fourth-order valence-corrected chi connectivity index (χ4v) is 1.28. The molecule has 1 nitrogen and oxygen atoms in total. The minimum atomic E-state index is 0.0840. The average molecular weight is 228 g/mol. The summed E-state index contributed by atoms with van der Waals surface area (Å²) >= 11 is 3.40. The third-order valence-corrected chi connectivity index (χ3v) is 2.66. The molecule has 0 aliphatic rings. The van der Waals surface area contributed by atoms with Crippen molar-refractivity contribution in [2.75, 3.05) is 6.54 Å². The molecule has 0 fully saturated rings. The average Bonchev–Trinajstić information content (AvgIpc) is 2.05. The number of hydrogen-bond acceptors (Lipinski definition) is 1. The Bertz CT molecular complexity index is 251. The van der Waals surface area contributed by atoms with Crippen molar-refractivity contribution in [2.45, 2.75) is 19.3 Å². The van der Waals surface area contributed by atoms with Crippen molar-refractivity contribution in [3.05, 3.63) is 34.3 Å². The minimum absolute atomic E-state index is 0.0840. The smallest absolute Gasteiger partial charge is 0.0175 e. The summed E-state index contributed by atoms with van der Waals surface area (Å²) in [6.07, 6.45) is 0. The van der Waals surface area contributed by atoms with Gasteiger partial charge in [0.05, 0.1) is 0 Å². The lowest BCUT2D eigenvalue weighted by Gasteiger charge is -2.22. The number of nitrogens with two attached hydrogens (primary N) is 1. The maximum absolute atomic E-state index is 5.66. The van der Waals surface area contributed by atoms with Gasteiger partial charge in [-0.05, 0) is 17.7 Å². The van der Waals surface area contributed by atoms with Gasteiger partial charge in [-0.2, -0.15) is 0 Å². The van der Waals surface area contributed by atoms with Gasteiger partial charge in [-0.25, -0.2) is 0 Å². The lowest BCUT2D eigenvalue weighted by Crippen LogP contribution is -2.27. The van der Waals surface area contributed by atoms with Gasteiger partial charge in [0.1, 0.15) is 0 Å². The van der Waals surface area contributed by atoms with E-state index in [2.05, 4.69) is 41.9 Å². The zero-order valence-electron chi connectivity index (χ0n) is 7.47. The van der Waals surface area contributed by atoms with E-state index < -0.39 is 0 Å². The zero-order valence-corrected chi connectivity index (χ0v) is 9.06. The predicted octanol–water partition coefficient (Wildman–Crippen LogP) is 2.69. The summed E-state index contributed by atoms with van der Waals surface area (Å²) in [5, 5.41) is 0. The second-order valence-electron chi connectivity index (χ2n) is 3.59.